The smallest absolute Gasteiger partial charge is 0.387 e. The number of alkyl halides is 2. The number of benzene rings is 1. The Hall–Kier alpha value is -1.60. The largest absolute Gasteiger partial charge is 0.454 e. The van der Waals surface area contributed by atoms with E-state index in [1.807, 2.05) is 6.92 Å². The fourth-order valence-electron chi connectivity index (χ4n) is 3.93. The molecule has 4 heterocycles. The van der Waals surface area contributed by atoms with Gasteiger partial charge in [0, 0.05) is 63.5 Å². The van der Waals surface area contributed by atoms with E-state index in [4.69, 9.17) is 9.47 Å². The lowest BCUT2D eigenvalue weighted by Crippen LogP contribution is -2.63. The molecule has 2 bridgehead atoms. The van der Waals surface area contributed by atoms with Crippen molar-refractivity contribution in [1.29, 1.82) is 0 Å². The molecule has 4 aliphatic rings. The lowest BCUT2D eigenvalue weighted by atomic mass is 10.1. The number of guanidine groups is 1. The Balaban J connectivity index is 0.00000256. The first-order chi connectivity index (χ1) is 14.1. The second kappa shape index (κ2) is 10.6. The second-order valence-corrected chi connectivity index (χ2v) is 7.26. The lowest BCUT2D eigenvalue weighted by Gasteiger charge is -2.47. The number of nitrogens with one attached hydrogen (secondary N) is 2. The van der Waals surface area contributed by atoms with Crippen LogP contribution in [0.3, 0.4) is 0 Å². The molecule has 0 saturated carbocycles. The Labute approximate surface area is 191 Å². The van der Waals surface area contributed by atoms with Gasteiger partial charge >= 0.3 is 6.61 Å². The summed E-state index contributed by atoms with van der Waals surface area (Å²) in [6.07, 6.45) is 0. The number of nitrogens with zero attached hydrogens (tertiary/aromatic N) is 3. The quantitative estimate of drug-likeness (QED) is 0.311. The molecule has 1 unspecified atom stereocenters. The summed E-state index contributed by atoms with van der Waals surface area (Å²) in [4.78, 5) is 9.55. The van der Waals surface area contributed by atoms with Crippen molar-refractivity contribution in [2.75, 3.05) is 52.6 Å². The number of hydrogen-bond acceptors (Lipinski definition) is 6. The van der Waals surface area contributed by atoms with Gasteiger partial charge in [-0.2, -0.15) is 8.78 Å². The van der Waals surface area contributed by atoms with E-state index in [0.717, 1.165) is 39.3 Å². The Morgan fingerprint density at radius 3 is 2.57 bits per heavy atom. The van der Waals surface area contributed by atoms with Gasteiger partial charge in [-0.15, -0.1) is 24.0 Å². The van der Waals surface area contributed by atoms with Gasteiger partial charge in [-0.3, -0.25) is 9.80 Å². The Kier molecular flexibility index (Phi) is 8.17. The third-order valence-corrected chi connectivity index (χ3v) is 5.42. The van der Waals surface area contributed by atoms with Crippen molar-refractivity contribution in [2.45, 2.75) is 26.1 Å². The predicted octanol–water partition coefficient (Wildman–Crippen LogP) is 1.69. The highest BCUT2D eigenvalue weighted by Gasteiger charge is 2.31. The molecule has 0 spiro atoms. The van der Waals surface area contributed by atoms with Gasteiger partial charge in [0.1, 0.15) is 5.75 Å². The van der Waals surface area contributed by atoms with E-state index in [1.54, 1.807) is 6.07 Å². The normalized spacial score (nSPS) is 24.5. The zero-order chi connectivity index (χ0) is 20.2. The number of halogens is 3. The maximum atomic E-state index is 12.8. The van der Waals surface area contributed by atoms with Crippen molar-refractivity contribution in [3.05, 3.63) is 17.7 Å². The average molecular weight is 539 g/mol. The Morgan fingerprint density at radius 2 is 1.93 bits per heavy atom. The van der Waals surface area contributed by atoms with Gasteiger partial charge in [-0.05, 0) is 13.0 Å². The fourth-order valence-corrected chi connectivity index (χ4v) is 3.93. The van der Waals surface area contributed by atoms with Crippen molar-refractivity contribution in [3.63, 3.8) is 0 Å². The monoisotopic (exact) mass is 539 g/mol. The SMILES string of the molecule is CCNC(=NCc1cc2c(cc1OC(F)F)OCO2)NCC1CN2CCN1CC2.I. The topological polar surface area (TPSA) is 70.6 Å². The van der Waals surface area contributed by atoms with Crippen LogP contribution >= 0.6 is 24.0 Å². The maximum Gasteiger partial charge on any atom is 0.387 e. The third kappa shape index (κ3) is 5.55. The molecule has 0 radical (unpaired) electrons. The van der Waals surface area contributed by atoms with Crippen molar-refractivity contribution >= 4 is 29.9 Å². The minimum Gasteiger partial charge on any atom is -0.454 e. The summed E-state index contributed by atoms with van der Waals surface area (Å²) in [5.74, 6) is 1.60. The molecule has 3 fully saturated rings. The molecule has 0 aliphatic carbocycles. The van der Waals surface area contributed by atoms with Crippen molar-refractivity contribution in [3.8, 4) is 17.2 Å². The number of piperazine rings is 3. The third-order valence-electron chi connectivity index (χ3n) is 5.42. The number of fused-ring (bicyclic) bond motifs is 4. The van der Waals surface area contributed by atoms with Crippen LogP contribution in [-0.4, -0.2) is 81.0 Å². The van der Waals surface area contributed by atoms with E-state index in [1.165, 1.54) is 6.07 Å². The van der Waals surface area contributed by atoms with Gasteiger partial charge in [0.05, 0.1) is 6.54 Å². The van der Waals surface area contributed by atoms with E-state index in [0.29, 0.717) is 35.6 Å². The highest BCUT2D eigenvalue weighted by molar-refractivity contribution is 14.0. The van der Waals surface area contributed by atoms with E-state index < -0.39 is 6.61 Å². The van der Waals surface area contributed by atoms with Gasteiger partial charge < -0.3 is 24.8 Å². The number of ether oxygens (including phenoxy) is 3. The Morgan fingerprint density at radius 1 is 1.20 bits per heavy atom. The minimum absolute atomic E-state index is 0. The summed E-state index contributed by atoms with van der Waals surface area (Å²) < 4.78 is 40.9. The van der Waals surface area contributed by atoms with Crippen LogP contribution in [0.2, 0.25) is 0 Å². The summed E-state index contributed by atoms with van der Waals surface area (Å²) in [5, 5.41) is 6.59. The van der Waals surface area contributed by atoms with Gasteiger partial charge in [-0.25, -0.2) is 4.99 Å². The molecule has 0 amide bonds. The standard InChI is InChI=1S/C19H27F2N5O3.HI/c1-2-22-19(24-10-14-11-25-3-5-26(14)6-4-25)23-9-13-7-16-17(28-12-27-16)8-15(13)29-18(20)21;/h7-8,14,18H,2-6,9-12H2,1H3,(H2,22,23,24);1H. The molecule has 4 aliphatic heterocycles. The van der Waals surface area contributed by atoms with Crippen LogP contribution in [0.4, 0.5) is 8.78 Å². The number of aliphatic imine (C=N–C) groups is 1. The first kappa shape index (κ1) is 23.1. The van der Waals surface area contributed by atoms with Crippen LogP contribution in [-0.2, 0) is 6.54 Å². The summed E-state index contributed by atoms with van der Waals surface area (Å²) in [6.45, 7) is 6.33. The van der Waals surface area contributed by atoms with Crippen LogP contribution in [0, 0.1) is 0 Å². The van der Waals surface area contributed by atoms with Crippen molar-refractivity contribution in [1.82, 2.24) is 20.4 Å². The predicted molar refractivity (Wildman–Crippen MR) is 119 cm³/mol. The van der Waals surface area contributed by atoms with Crippen LogP contribution in [0.15, 0.2) is 17.1 Å². The maximum absolute atomic E-state index is 12.8. The van der Waals surface area contributed by atoms with Crippen LogP contribution in [0.1, 0.15) is 12.5 Å². The summed E-state index contributed by atoms with van der Waals surface area (Å²) >= 11 is 0. The summed E-state index contributed by atoms with van der Waals surface area (Å²) in [5.41, 5.74) is 0.512. The molecule has 1 atom stereocenters. The molecule has 5 rings (SSSR count). The van der Waals surface area contributed by atoms with Gasteiger partial charge in [-0.1, -0.05) is 0 Å². The molecule has 0 aromatic heterocycles. The molecule has 168 valence electrons. The summed E-state index contributed by atoms with van der Waals surface area (Å²) in [7, 11) is 0. The van der Waals surface area contributed by atoms with Crippen molar-refractivity contribution in [2.24, 2.45) is 4.99 Å². The zero-order valence-electron chi connectivity index (χ0n) is 16.9. The van der Waals surface area contributed by atoms with Crippen LogP contribution in [0.25, 0.3) is 0 Å². The highest BCUT2D eigenvalue weighted by atomic mass is 127. The van der Waals surface area contributed by atoms with Gasteiger partial charge in [0.15, 0.2) is 17.5 Å². The number of rotatable bonds is 7. The van der Waals surface area contributed by atoms with Crippen molar-refractivity contribution < 1.29 is 23.0 Å². The average Bonchev–Trinajstić information content (AvgIpc) is 3.17. The first-order valence-electron chi connectivity index (χ1n) is 9.98. The first-order valence-corrected chi connectivity index (χ1v) is 9.98. The highest BCUT2D eigenvalue weighted by Crippen LogP contribution is 2.39. The zero-order valence-corrected chi connectivity index (χ0v) is 19.2. The molecule has 8 nitrogen and oxygen atoms in total. The van der Waals surface area contributed by atoms with Crippen LogP contribution < -0.4 is 24.8 Å². The van der Waals surface area contributed by atoms with Gasteiger partial charge in [0.25, 0.3) is 0 Å². The molecule has 30 heavy (non-hydrogen) atoms. The fraction of sp³-hybridized carbons (Fsp3) is 0.632. The Bertz CT molecular complexity index is 747. The van der Waals surface area contributed by atoms with E-state index in [2.05, 4.69) is 30.2 Å². The summed E-state index contributed by atoms with van der Waals surface area (Å²) in [6, 6.07) is 3.52. The van der Waals surface area contributed by atoms with E-state index in [9.17, 15) is 8.78 Å². The number of hydrogen-bond donors (Lipinski definition) is 2. The molecule has 1 aromatic carbocycles. The molecule has 11 heteroatoms. The van der Waals surface area contributed by atoms with E-state index >= 15 is 0 Å². The van der Waals surface area contributed by atoms with Gasteiger partial charge in [0.2, 0.25) is 6.79 Å². The molecule has 2 N–H and O–H groups in total. The van der Waals surface area contributed by atoms with E-state index in [-0.39, 0.29) is 43.1 Å². The minimum atomic E-state index is -2.92. The lowest BCUT2D eigenvalue weighted by molar-refractivity contribution is -0.0505. The second-order valence-electron chi connectivity index (χ2n) is 7.26. The molecule has 3 saturated heterocycles. The molecule has 1 aromatic rings. The van der Waals surface area contributed by atoms with Crippen LogP contribution in [0.5, 0.6) is 17.2 Å². The molecular formula is C19H28F2IN5O3. The molecular weight excluding hydrogens is 511 g/mol.